The van der Waals surface area contributed by atoms with Crippen LogP contribution in [0.15, 0.2) is 0 Å². The van der Waals surface area contributed by atoms with Gasteiger partial charge in [0.2, 0.25) is 0 Å². The van der Waals surface area contributed by atoms with Gasteiger partial charge in [0.1, 0.15) is 6.10 Å². The molecule has 0 amide bonds. The Morgan fingerprint density at radius 3 is 2.42 bits per heavy atom. The van der Waals surface area contributed by atoms with Crippen molar-refractivity contribution in [2.45, 2.75) is 58.5 Å². The second-order valence-electron chi connectivity index (χ2n) is 3.11. The molecule has 0 radical (unpaired) electrons. The molecule has 2 atom stereocenters. The summed E-state index contributed by atoms with van der Waals surface area (Å²) >= 11 is 0. The van der Waals surface area contributed by atoms with Crippen LogP contribution >= 0.6 is 8.69 Å². The number of hydrogen-bond acceptors (Lipinski definition) is 2. The zero-order chi connectivity index (χ0) is 9.23. The molecule has 0 aromatic heterocycles. The Labute approximate surface area is 77.0 Å². The number of unbranched alkanes of at least 4 members (excludes halogenated alkanes) is 2. The summed E-state index contributed by atoms with van der Waals surface area (Å²) in [6.45, 7) is 4.31. The van der Waals surface area contributed by atoms with E-state index in [9.17, 15) is 4.57 Å². The van der Waals surface area contributed by atoms with E-state index >= 15 is 0 Å². The third kappa shape index (κ3) is 6.75. The van der Waals surface area contributed by atoms with Gasteiger partial charge in [-0.25, -0.2) is 0 Å². The molecule has 0 heterocycles. The Hall–Kier alpha value is 0.0600. The fraction of sp³-hybridized carbons (Fsp3) is 1.00. The molecule has 0 spiro atoms. The van der Waals surface area contributed by atoms with E-state index in [0.29, 0.717) is 0 Å². The van der Waals surface area contributed by atoms with Crippen LogP contribution in [0.3, 0.4) is 0 Å². The third-order valence-electron chi connectivity index (χ3n) is 1.96. The van der Waals surface area contributed by atoms with E-state index in [4.69, 9.17) is 4.52 Å². The summed E-state index contributed by atoms with van der Waals surface area (Å²) in [5.41, 5.74) is 0. The molecule has 0 aliphatic heterocycles. The van der Waals surface area contributed by atoms with E-state index in [1.165, 1.54) is 19.3 Å². The molecule has 0 aliphatic carbocycles. The quantitative estimate of drug-likeness (QED) is 0.432. The second kappa shape index (κ2) is 9.15. The fourth-order valence-electron chi connectivity index (χ4n) is 1.27. The van der Waals surface area contributed by atoms with Crippen molar-refractivity contribution in [2.75, 3.05) is 0 Å². The monoisotopic (exact) mass is 191 g/mol. The molecule has 72 valence electrons. The van der Waals surface area contributed by atoms with Crippen molar-refractivity contribution in [1.29, 1.82) is 0 Å². The van der Waals surface area contributed by atoms with Gasteiger partial charge in [0.25, 0.3) is 0 Å². The summed E-state index contributed by atoms with van der Waals surface area (Å²) in [5.74, 6) is 0. The average Bonchev–Trinajstić information content (AvgIpc) is 2.06. The van der Waals surface area contributed by atoms with E-state index in [-0.39, 0.29) is 6.10 Å². The van der Waals surface area contributed by atoms with Gasteiger partial charge < -0.3 is 0 Å². The Morgan fingerprint density at radius 2 is 1.92 bits per heavy atom. The van der Waals surface area contributed by atoms with Crippen molar-refractivity contribution in [2.24, 2.45) is 0 Å². The lowest BCUT2D eigenvalue weighted by atomic mass is 10.1. The summed E-state index contributed by atoms with van der Waals surface area (Å²) in [7, 11) is -0.590. The van der Waals surface area contributed by atoms with E-state index in [1.807, 2.05) is 0 Å². The van der Waals surface area contributed by atoms with E-state index in [0.717, 1.165) is 19.3 Å². The Morgan fingerprint density at radius 1 is 1.17 bits per heavy atom. The fourth-order valence-corrected chi connectivity index (χ4v) is 1.65. The first-order valence-electron chi connectivity index (χ1n) is 4.87. The number of rotatable bonds is 8. The molecule has 0 saturated carbocycles. The first kappa shape index (κ1) is 12.1. The minimum Gasteiger partial charge on any atom is -0.145 e. The van der Waals surface area contributed by atoms with Gasteiger partial charge in [0.15, 0.2) is 0 Å². The normalized spacial score (nSPS) is 13.5. The van der Waals surface area contributed by atoms with E-state index in [2.05, 4.69) is 13.8 Å². The lowest BCUT2D eigenvalue weighted by Crippen LogP contribution is -2.06. The molecule has 2 unspecified atom stereocenters. The first-order chi connectivity index (χ1) is 5.85. The van der Waals surface area contributed by atoms with Gasteiger partial charge in [0, 0.05) is 0 Å². The van der Waals surface area contributed by atoms with Gasteiger partial charge in [-0.3, -0.25) is 0 Å². The molecule has 0 saturated heterocycles. The van der Waals surface area contributed by atoms with Gasteiger partial charge >= 0.3 is 8.69 Å². The summed E-state index contributed by atoms with van der Waals surface area (Å²) in [4.78, 5) is 0. The van der Waals surface area contributed by atoms with Crippen LogP contribution < -0.4 is 0 Å². The Balaban J connectivity index is 3.40. The third-order valence-corrected chi connectivity index (χ3v) is 2.38. The SMILES string of the molecule is CCCCCC(CCC)O[PH+]=O. The van der Waals surface area contributed by atoms with Crippen molar-refractivity contribution in [3.63, 3.8) is 0 Å². The molecule has 0 fully saturated rings. The standard InChI is InChI=1S/C9H20O2P/c1-3-5-6-8-9(7-4-2)11-12-10/h9,12H,3-8H2,1-2H3/q+1. The summed E-state index contributed by atoms with van der Waals surface area (Å²) in [6, 6.07) is 0. The largest absolute Gasteiger partial charge is 0.494 e. The smallest absolute Gasteiger partial charge is 0.145 e. The average molecular weight is 191 g/mol. The van der Waals surface area contributed by atoms with Crippen LogP contribution in [0, 0.1) is 0 Å². The van der Waals surface area contributed by atoms with Crippen molar-refractivity contribution in [3.05, 3.63) is 0 Å². The van der Waals surface area contributed by atoms with Gasteiger partial charge in [-0.2, -0.15) is 0 Å². The van der Waals surface area contributed by atoms with Gasteiger partial charge in [-0.15, -0.1) is 4.52 Å². The molecular formula is C9H20O2P+. The molecule has 0 aromatic carbocycles. The summed E-state index contributed by atoms with van der Waals surface area (Å²) < 4.78 is 15.4. The predicted octanol–water partition coefficient (Wildman–Crippen LogP) is 3.69. The van der Waals surface area contributed by atoms with Crippen LogP contribution in [0.1, 0.15) is 52.4 Å². The summed E-state index contributed by atoms with van der Waals surface area (Å²) in [6.07, 6.45) is 7.14. The van der Waals surface area contributed by atoms with Crippen molar-refractivity contribution in [3.8, 4) is 0 Å². The highest BCUT2D eigenvalue weighted by molar-refractivity contribution is 7.17. The zero-order valence-corrected chi connectivity index (χ0v) is 9.14. The topological polar surface area (TPSA) is 26.3 Å². The molecule has 3 heteroatoms. The van der Waals surface area contributed by atoms with E-state index in [1.54, 1.807) is 0 Å². The lowest BCUT2D eigenvalue weighted by molar-refractivity contribution is 0.195. The van der Waals surface area contributed by atoms with Crippen LogP contribution in [-0.4, -0.2) is 6.10 Å². The van der Waals surface area contributed by atoms with Crippen LogP contribution in [0.25, 0.3) is 0 Å². The predicted molar refractivity (Wildman–Crippen MR) is 52.9 cm³/mol. The van der Waals surface area contributed by atoms with Crippen molar-refractivity contribution >= 4 is 8.69 Å². The maximum absolute atomic E-state index is 10.3. The molecule has 2 nitrogen and oxygen atoms in total. The molecule has 0 aliphatic rings. The van der Waals surface area contributed by atoms with Gasteiger partial charge in [-0.1, -0.05) is 39.5 Å². The minimum absolute atomic E-state index is 0.234. The van der Waals surface area contributed by atoms with Crippen LogP contribution in [-0.2, 0) is 9.09 Å². The molecule has 0 rings (SSSR count). The minimum atomic E-state index is -0.590. The van der Waals surface area contributed by atoms with E-state index < -0.39 is 8.69 Å². The summed E-state index contributed by atoms with van der Waals surface area (Å²) in [5, 5.41) is 0. The highest BCUT2D eigenvalue weighted by atomic mass is 31.1. The van der Waals surface area contributed by atoms with Gasteiger partial charge in [-0.05, 0) is 17.4 Å². The molecule has 12 heavy (non-hydrogen) atoms. The maximum Gasteiger partial charge on any atom is 0.494 e. The van der Waals surface area contributed by atoms with Gasteiger partial charge in [0.05, 0.1) is 0 Å². The highest BCUT2D eigenvalue weighted by Gasteiger charge is 2.11. The van der Waals surface area contributed by atoms with Crippen LogP contribution in [0.5, 0.6) is 0 Å². The maximum atomic E-state index is 10.3. The molecule has 0 bridgehead atoms. The highest BCUT2D eigenvalue weighted by Crippen LogP contribution is 2.16. The lowest BCUT2D eigenvalue weighted by Gasteiger charge is -2.07. The Kier molecular flexibility index (Phi) is 9.20. The number of hydrogen-bond donors (Lipinski definition) is 0. The molecule has 0 aromatic rings. The second-order valence-corrected chi connectivity index (χ2v) is 3.51. The molecular weight excluding hydrogens is 171 g/mol. The Bertz CT molecular complexity index is 107. The first-order valence-corrected chi connectivity index (χ1v) is 5.69. The van der Waals surface area contributed by atoms with Crippen molar-refractivity contribution in [1.82, 2.24) is 0 Å². The van der Waals surface area contributed by atoms with Crippen LogP contribution in [0.4, 0.5) is 0 Å². The zero-order valence-electron chi connectivity index (χ0n) is 8.14. The molecule has 0 N–H and O–H groups in total. The van der Waals surface area contributed by atoms with Crippen LogP contribution in [0.2, 0.25) is 0 Å². The van der Waals surface area contributed by atoms with Crippen molar-refractivity contribution < 1.29 is 9.09 Å².